The number of hydrogen-bond donors (Lipinski definition) is 1. The summed E-state index contributed by atoms with van der Waals surface area (Å²) in [5, 5.41) is 0.830. The second kappa shape index (κ2) is 12.4. The number of rotatable bonds is 9. The maximum absolute atomic E-state index is 14.1. The van der Waals surface area contributed by atoms with Crippen molar-refractivity contribution >= 4 is 32.7 Å². The molecular weight excluding hydrogens is 651 g/mol. The first kappa shape index (κ1) is 34.3. The number of alkyl halides is 3. The minimum atomic E-state index is -5.02. The van der Waals surface area contributed by atoms with Crippen molar-refractivity contribution in [3.05, 3.63) is 53.1 Å². The molecule has 1 aliphatic carbocycles. The van der Waals surface area contributed by atoms with Gasteiger partial charge in [0.25, 0.3) is 5.91 Å². The Labute approximate surface area is 277 Å². The molecule has 2 aliphatic heterocycles. The molecular formula is C34H40F3N3O7S. The number of hydrogen-bond acceptors (Lipinski definition) is 7. The Hall–Kier alpha value is -3.62. The van der Waals surface area contributed by atoms with Gasteiger partial charge in [-0.1, -0.05) is 25.3 Å². The van der Waals surface area contributed by atoms with Crippen LogP contribution in [0.5, 0.6) is 5.75 Å². The fourth-order valence-electron chi connectivity index (χ4n) is 7.14. The van der Waals surface area contributed by atoms with Crippen molar-refractivity contribution in [2.24, 2.45) is 5.41 Å². The Bertz CT molecular complexity index is 1860. The summed E-state index contributed by atoms with van der Waals surface area (Å²) < 4.78 is 83.5. The Kier molecular flexibility index (Phi) is 8.82. The van der Waals surface area contributed by atoms with Crippen LogP contribution in [0.15, 0.2) is 36.4 Å². The SMILES string of the molecule is COc1ccc(-c2c(C3CCCCC3)c3ccc(C(=O)NS(=O)(=O)CC(F)(F)F)cc3n2CC(C)(C)C(=O)N2COCC23CO3)c(C)c1. The minimum Gasteiger partial charge on any atom is -0.497 e. The van der Waals surface area contributed by atoms with E-state index in [0.717, 1.165) is 59.9 Å². The van der Waals surface area contributed by atoms with Crippen molar-refractivity contribution in [1.29, 1.82) is 0 Å². The number of sulfonamides is 1. The topological polar surface area (TPSA) is 119 Å². The molecule has 1 spiro atoms. The molecule has 260 valence electrons. The average Bonchev–Trinajstić information content (AvgIpc) is 3.57. The average molecular weight is 692 g/mol. The van der Waals surface area contributed by atoms with Gasteiger partial charge in [-0.15, -0.1) is 0 Å². The third kappa shape index (κ3) is 6.66. The molecule has 0 radical (unpaired) electrons. The smallest absolute Gasteiger partial charge is 0.404 e. The number of amides is 2. The number of benzene rings is 2. The first-order valence-corrected chi connectivity index (χ1v) is 17.7. The number of aryl methyl sites for hydroxylation is 1. The summed E-state index contributed by atoms with van der Waals surface area (Å²) in [7, 11) is -3.41. The molecule has 48 heavy (non-hydrogen) atoms. The van der Waals surface area contributed by atoms with Gasteiger partial charge in [-0.05, 0) is 81.0 Å². The fraction of sp³-hybridized carbons (Fsp3) is 0.529. The lowest BCUT2D eigenvalue weighted by atomic mass is 9.81. The van der Waals surface area contributed by atoms with Gasteiger partial charge in [-0.25, -0.2) is 13.1 Å². The Balaban J connectivity index is 1.53. The Morgan fingerprint density at radius 2 is 1.77 bits per heavy atom. The van der Waals surface area contributed by atoms with Crippen molar-refractivity contribution in [2.45, 2.75) is 77.2 Å². The van der Waals surface area contributed by atoms with Gasteiger partial charge >= 0.3 is 6.18 Å². The van der Waals surface area contributed by atoms with E-state index in [0.29, 0.717) is 24.5 Å². The molecule has 1 N–H and O–H groups in total. The monoisotopic (exact) mass is 691 g/mol. The Morgan fingerprint density at radius 1 is 1.06 bits per heavy atom. The number of nitrogens with zero attached hydrogens (tertiary/aromatic N) is 2. The highest BCUT2D eigenvalue weighted by Crippen LogP contribution is 2.47. The van der Waals surface area contributed by atoms with Crippen LogP contribution in [0.2, 0.25) is 0 Å². The van der Waals surface area contributed by atoms with E-state index in [1.165, 1.54) is 12.1 Å². The number of ether oxygens (including phenoxy) is 3. The van der Waals surface area contributed by atoms with Crippen LogP contribution in [0.4, 0.5) is 13.2 Å². The summed E-state index contributed by atoms with van der Waals surface area (Å²) in [6.45, 7) is 6.59. The largest absolute Gasteiger partial charge is 0.497 e. The maximum Gasteiger partial charge on any atom is 0.404 e. The van der Waals surface area contributed by atoms with E-state index in [9.17, 15) is 31.2 Å². The molecule has 3 aliphatic rings. The van der Waals surface area contributed by atoms with Crippen LogP contribution < -0.4 is 9.46 Å². The normalized spacial score (nSPS) is 20.4. The number of halogens is 3. The predicted octanol–water partition coefficient (Wildman–Crippen LogP) is 5.86. The molecule has 1 unspecified atom stereocenters. The molecule has 14 heteroatoms. The van der Waals surface area contributed by atoms with E-state index >= 15 is 0 Å². The van der Waals surface area contributed by atoms with Crippen LogP contribution in [0, 0.1) is 12.3 Å². The molecule has 3 heterocycles. The molecule has 1 aromatic heterocycles. The highest BCUT2D eigenvalue weighted by Gasteiger charge is 2.58. The van der Waals surface area contributed by atoms with Crippen molar-refractivity contribution < 1.29 is 45.4 Å². The zero-order valence-electron chi connectivity index (χ0n) is 27.4. The van der Waals surface area contributed by atoms with Crippen LogP contribution in [0.3, 0.4) is 0 Å². The van der Waals surface area contributed by atoms with Gasteiger partial charge in [0, 0.05) is 28.6 Å². The van der Waals surface area contributed by atoms with Gasteiger partial charge in [0.1, 0.15) is 19.1 Å². The third-order valence-corrected chi connectivity index (χ3v) is 10.8. The highest BCUT2D eigenvalue weighted by atomic mass is 32.2. The van der Waals surface area contributed by atoms with Crippen molar-refractivity contribution in [1.82, 2.24) is 14.2 Å². The molecule has 0 bridgehead atoms. The lowest BCUT2D eigenvalue weighted by molar-refractivity contribution is -0.146. The first-order valence-electron chi connectivity index (χ1n) is 16.0. The van der Waals surface area contributed by atoms with Crippen molar-refractivity contribution in [2.75, 3.05) is 32.8 Å². The fourth-order valence-corrected chi connectivity index (χ4v) is 8.05. The van der Waals surface area contributed by atoms with Gasteiger partial charge in [0.2, 0.25) is 15.9 Å². The zero-order valence-corrected chi connectivity index (χ0v) is 28.2. The first-order chi connectivity index (χ1) is 22.5. The van der Waals surface area contributed by atoms with Crippen LogP contribution >= 0.6 is 0 Å². The van der Waals surface area contributed by atoms with E-state index in [4.69, 9.17) is 14.2 Å². The molecule has 1 saturated carbocycles. The van der Waals surface area contributed by atoms with Crippen molar-refractivity contribution in [3.63, 3.8) is 0 Å². The number of methoxy groups -OCH3 is 1. The van der Waals surface area contributed by atoms with Gasteiger partial charge in [0.15, 0.2) is 11.5 Å². The molecule has 10 nitrogen and oxygen atoms in total. The summed E-state index contributed by atoms with van der Waals surface area (Å²) in [4.78, 5) is 28.9. The van der Waals surface area contributed by atoms with Gasteiger partial charge < -0.3 is 18.8 Å². The quantitative estimate of drug-likeness (QED) is 0.279. The second-order valence-electron chi connectivity index (χ2n) is 13.7. The van der Waals surface area contributed by atoms with E-state index in [-0.39, 0.29) is 30.7 Å². The summed E-state index contributed by atoms with van der Waals surface area (Å²) >= 11 is 0. The number of epoxide rings is 1. The number of carbonyl (C=O) groups is 2. The number of carbonyl (C=O) groups excluding carboxylic acids is 2. The van der Waals surface area contributed by atoms with Crippen molar-refractivity contribution in [3.8, 4) is 17.0 Å². The zero-order chi connectivity index (χ0) is 34.6. The Morgan fingerprint density at radius 3 is 2.40 bits per heavy atom. The van der Waals surface area contributed by atoms with Crippen LogP contribution in [-0.2, 0) is 30.8 Å². The van der Waals surface area contributed by atoms with Crippen LogP contribution in [-0.4, -0.2) is 74.4 Å². The van der Waals surface area contributed by atoms with Crippen LogP contribution in [0.1, 0.15) is 73.4 Å². The summed E-state index contributed by atoms with van der Waals surface area (Å²) in [5.41, 5.74) is 2.43. The molecule has 1 atom stereocenters. The van der Waals surface area contributed by atoms with E-state index in [1.807, 2.05) is 43.5 Å². The lowest BCUT2D eigenvalue weighted by Crippen LogP contribution is -2.47. The molecule has 2 saturated heterocycles. The summed E-state index contributed by atoms with van der Waals surface area (Å²) in [6, 6.07) is 10.4. The van der Waals surface area contributed by atoms with Gasteiger partial charge in [-0.3, -0.25) is 14.5 Å². The van der Waals surface area contributed by atoms with Crippen LogP contribution in [0.25, 0.3) is 22.2 Å². The standard InChI is InChI=1S/C34H40F3N3O7S/c1-21-14-24(45-4)11-13-25(21)29-28(22-8-6-5-7-9-22)26-12-10-23(30(41)38-48(43,44)19-34(35,36)37)15-27(26)39(29)16-32(2,3)31(42)40-20-46-17-33(40)18-47-33/h10-15,22H,5-9,16-20H2,1-4H3,(H,38,41). The predicted molar refractivity (Wildman–Crippen MR) is 172 cm³/mol. The lowest BCUT2D eigenvalue weighted by Gasteiger charge is -2.32. The highest BCUT2D eigenvalue weighted by molar-refractivity contribution is 7.90. The number of aromatic nitrogens is 1. The minimum absolute atomic E-state index is 0.100. The third-order valence-electron chi connectivity index (χ3n) is 9.56. The van der Waals surface area contributed by atoms with E-state index < -0.39 is 39.0 Å². The molecule has 3 fully saturated rings. The molecule has 2 amide bonds. The molecule has 6 rings (SSSR count). The van der Waals surface area contributed by atoms with Gasteiger partial charge in [-0.2, -0.15) is 13.2 Å². The molecule has 3 aromatic rings. The second-order valence-corrected chi connectivity index (χ2v) is 15.5. The number of nitrogens with one attached hydrogen (secondary N) is 1. The van der Waals surface area contributed by atoms with Gasteiger partial charge in [0.05, 0.1) is 24.8 Å². The number of fused-ring (bicyclic) bond motifs is 1. The van der Waals surface area contributed by atoms with E-state index in [2.05, 4.69) is 0 Å². The maximum atomic E-state index is 14.1. The van der Waals surface area contributed by atoms with E-state index in [1.54, 1.807) is 22.8 Å². The summed E-state index contributed by atoms with van der Waals surface area (Å²) in [5.74, 6) is -2.69. The molecule has 2 aromatic carbocycles. The summed E-state index contributed by atoms with van der Waals surface area (Å²) in [6.07, 6.45) is 0.0480.